The Morgan fingerprint density at radius 1 is 0.571 bits per heavy atom. The summed E-state index contributed by atoms with van der Waals surface area (Å²) in [7, 11) is 0. The summed E-state index contributed by atoms with van der Waals surface area (Å²) in [6.45, 7) is 2.96. The molecular weight excluding hydrogens is 516 g/mol. The molecule has 8 rings (SSSR count). The predicted molar refractivity (Wildman–Crippen MR) is 167 cm³/mol. The minimum Gasteiger partial charge on any atom is -0.477 e. The molecule has 0 N–H and O–H groups in total. The van der Waals surface area contributed by atoms with Crippen LogP contribution < -0.4 is 9.30 Å². The van der Waals surface area contributed by atoms with Gasteiger partial charge >= 0.3 is 0 Å². The summed E-state index contributed by atoms with van der Waals surface area (Å²) in [5.41, 5.74) is 6.21. The number of aromatic nitrogens is 4. The quantitative estimate of drug-likeness (QED) is 0.212. The van der Waals surface area contributed by atoms with Crippen molar-refractivity contribution in [3.63, 3.8) is 0 Å². The number of benzene rings is 5. The van der Waals surface area contributed by atoms with Gasteiger partial charge in [0.2, 0.25) is 0 Å². The second-order valence-electron chi connectivity index (χ2n) is 10.7. The van der Waals surface area contributed by atoms with Crippen molar-refractivity contribution in [1.82, 2.24) is 15.0 Å². The van der Waals surface area contributed by atoms with Crippen LogP contribution in [0.15, 0.2) is 128 Å². The average Bonchev–Trinajstić information content (AvgIpc) is 3.05. The molecule has 1 atom stereocenters. The van der Waals surface area contributed by atoms with E-state index >= 15 is 0 Å². The SMILES string of the molecule is CC1C[n+]2cccc3ccc(-c4ccc(-c5nc(-c6ccccc6)nc(-c6ccccc6)n5)c5ccccc45)c(c32)O1. The van der Waals surface area contributed by atoms with Gasteiger partial charge in [-0.2, -0.15) is 4.57 Å². The Kier molecular flexibility index (Phi) is 5.74. The fraction of sp³-hybridized carbons (Fsp3) is 0.0811. The van der Waals surface area contributed by atoms with Crippen LogP contribution in [-0.4, -0.2) is 21.1 Å². The van der Waals surface area contributed by atoms with Gasteiger partial charge in [0.25, 0.3) is 5.52 Å². The molecule has 0 fully saturated rings. The third-order valence-corrected chi connectivity index (χ3v) is 7.92. The van der Waals surface area contributed by atoms with Crippen LogP contribution in [0.3, 0.4) is 0 Å². The van der Waals surface area contributed by atoms with E-state index in [9.17, 15) is 0 Å². The summed E-state index contributed by atoms with van der Waals surface area (Å²) in [5.74, 6) is 2.88. The van der Waals surface area contributed by atoms with E-state index in [-0.39, 0.29) is 6.10 Å². The van der Waals surface area contributed by atoms with Crippen LogP contribution in [0.4, 0.5) is 0 Å². The number of fused-ring (bicyclic) bond motifs is 1. The number of rotatable bonds is 4. The molecule has 200 valence electrons. The lowest BCUT2D eigenvalue weighted by molar-refractivity contribution is -0.681. The summed E-state index contributed by atoms with van der Waals surface area (Å²) in [6.07, 6.45) is 2.23. The van der Waals surface area contributed by atoms with Gasteiger partial charge in [0.15, 0.2) is 42.1 Å². The van der Waals surface area contributed by atoms with Crippen molar-refractivity contribution in [2.75, 3.05) is 0 Å². The minimum absolute atomic E-state index is 0.0813. The van der Waals surface area contributed by atoms with E-state index in [0.717, 1.165) is 56.4 Å². The van der Waals surface area contributed by atoms with Gasteiger partial charge in [-0.1, -0.05) is 91.0 Å². The zero-order chi connectivity index (χ0) is 28.0. The Hall–Kier alpha value is -5.42. The van der Waals surface area contributed by atoms with Gasteiger partial charge in [0.1, 0.15) is 0 Å². The fourth-order valence-electron chi connectivity index (χ4n) is 6.00. The smallest absolute Gasteiger partial charge is 0.255 e. The molecule has 1 unspecified atom stereocenters. The van der Waals surface area contributed by atoms with Gasteiger partial charge in [-0.25, -0.2) is 15.0 Å². The third kappa shape index (κ3) is 4.10. The lowest BCUT2D eigenvalue weighted by atomic mass is 9.93. The molecule has 0 saturated heterocycles. The number of ether oxygens (including phenoxy) is 1. The van der Waals surface area contributed by atoms with Crippen molar-refractivity contribution in [2.45, 2.75) is 19.6 Å². The van der Waals surface area contributed by atoms with Crippen molar-refractivity contribution in [1.29, 1.82) is 0 Å². The first-order valence-electron chi connectivity index (χ1n) is 14.2. The molecular formula is C37H27N4O+. The van der Waals surface area contributed by atoms with Crippen molar-refractivity contribution in [3.8, 4) is 51.0 Å². The predicted octanol–water partition coefficient (Wildman–Crippen LogP) is 7.91. The van der Waals surface area contributed by atoms with Gasteiger partial charge < -0.3 is 4.74 Å². The van der Waals surface area contributed by atoms with Crippen molar-refractivity contribution in [2.24, 2.45) is 0 Å². The average molecular weight is 544 g/mol. The molecule has 1 aliphatic heterocycles. The molecule has 3 heterocycles. The first-order chi connectivity index (χ1) is 20.7. The van der Waals surface area contributed by atoms with E-state index in [1.165, 1.54) is 5.39 Å². The molecule has 7 aromatic rings. The van der Waals surface area contributed by atoms with Gasteiger partial charge in [-0.15, -0.1) is 0 Å². The van der Waals surface area contributed by atoms with Crippen LogP contribution in [0.2, 0.25) is 0 Å². The molecule has 0 bridgehead atoms. The summed E-state index contributed by atoms with van der Waals surface area (Å²) in [5, 5.41) is 3.38. The number of hydrogen-bond donors (Lipinski definition) is 0. The monoisotopic (exact) mass is 543 g/mol. The van der Waals surface area contributed by atoms with Crippen molar-refractivity contribution >= 4 is 21.7 Å². The van der Waals surface area contributed by atoms with Crippen molar-refractivity contribution in [3.05, 3.63) is 128 Å². The highest BCUT2D eigenvalue weighted by molar-refractivity contribution is 6.06. The summed E-state index contributed by atoms with van der Waals surface area (Å²) < 4.78 is 8.83. The lowest BCUT2D eigenvalue weighted by Gasteiger charge is -2.22. The zero-order valence-electron chi connectivity index (χ0n) is 23.1. The first-order valence-corrected chi connectivity index (χ1v) is 14.2. The minimum atomic E-state index is 0.0813. The Balaban J connectivity index is 1.35. The molecule has 0 amide bonds. The second-order valence-corrected chi connectivity index (χ2v) is 10.7. The maximum atomic E-state index is 6.53. The second kappa shape index (κ2) is 9.89. The van der Waals surface area contributed by atoms with Crippen LogP contribution in [0, 0.1) is 0 Å². The molecule has 1 aliphatic rings. The van der Waals surface area contributed by atoms with Crippen LogP contribution >= 0.6 is 0 Å². The topological polar surface area (TPSA) is 51.8 Å². The highest BCUT2D eigenvalue weighted by Gasteiger charge is 2.29. The van der Waals surface area contributed by atoms with Gasteiger partial charge in [0.05, 0.1) is 5.39 Å². The molecule has 5 heteroatoms. The van der Waals surface area contributed by atoms with E-state index in [0.29, 0.717) is 17.5 Å². The normalized spacial score (nSPS) is 14.2. The molecule has 42 heavy (non-hydrogen) atoms. The molecule has 0 saturated carbocycles. The number of pyridine rings is 1. The number of hydrogen-bond acceptors (Lipinski definition) is 4. The Morgan fingerprint density at radius 2 is 1.14 bits per heavy atom. The summed E-state index contributed by atoms with van der Waals surface area (Å²) in [6, 6.07) is 41.6. The lowest BCUT2D eigenvalue weighted by Crippen LogP contribution is -2.45. The maximum Gasteiger partial charge on any atom is 0.255 e. The van der Waals surface area contributed by atoms with E-state index in [2.05, 4.69) is 78.4 Å². The molecule has 0 aliphatic carbocycles. The molecule has 2 aromatic heterocycles. The van der Waals surface area contributed by atoms with Gasteiger partial charge in [0, 0.05) is 28.3 Å². The summed E-state index contributed by atoms with van der Waals surface area (Å²) in [4.78, 5) is 14.9. The number of nitrogens with zero attached hydrogens (tertiary/aromatic N) is 4. The van der Waals surface area contributed by atoms with E-state index in [1.54, 1.807) is 0 Å². The van der Waals surface area contributed by atoms with Crippen LogP contribution in [0.1, 0.15) is 6.92 Å². The molecule has 0 spiro atoms. The van der Waals surface area contributed by atoms with Crippen LogP contribution in [-0.2, 0) is 6.54 Å². The highest BCUT2D eigenvalue weighted by atomic mass is 16.5. The maximum absolute atomic E-state index is 6.53. The van der Waals surface area contributed by atoms with Crippen LogP contribution in [0.5, 0.6) is 5.75 Å². The third-order valence-electron chi connectivity index (χ3n) is 7.92. The Labute approximate surface area is 243 Å². The van der Waals surface area contributed by atoms with E-state index < -0.39 is 0 Å². The molecule has 5 aromatic carbocycles. The Bertz CT molecular complexity index is 2050. The van der Waals surface area contributed by atoms with Gasteiger partial charge in [-0.05, 0) is 47.5 Å². The Morgan fingerprint density at radius 3 is 1.83 bits per heavy atom. The largest absolute Gasteiger partial charge is 0.477 e. The highest BCUT2D eigenvalue weighted by Crippen LogP contribution is 2.42. The standard InChI is InChI=1S/C37H27N4O/c1-24-23-41-22-10-15-25-18-19-31(34(42-24)33(25)41)30-20-21-32(29-17-9-8-16-28(29)30)37-39-35(26-11-4-2-5-12-26)38-36(40-37)27-13-6-3-7-14-27/h2-22,24H,23H2,1H3/q+1. The van der Waals surface area contributed by atoms with Gasteiger partial charge in [-0.3, -0.25) is 0 Å². The zero-order valence-corrected chi connectivity index (χ0v) is 23.1. The first kappa shape index (κ1) is 24.4. The fourth-order valence-corrected chi connectivity index (χ4v) is 6.00. The van der Waals surface area contributed by atoms with E-state index in [1.807, 2.05) is 60.7 Å². The van der Waals surface area contributed by atoms with E-state index in [4.69, 9.17) is 19.7 Å². The molecule has 5 nitrogen and oxygen atoms in total. The molecule has 0 radical (unpaired) electrons. The van der Waals surface area contributed by atoms with Crippen LogP contribution in [0.25, 0.3) is 67.0 Å². The summed E-state index contributed by atoms with van der Waals surface area (Å²) >= 11 is 0. The van der Waals surface area contributed by atoms with Crippen molar-refractivity contribution < 1.29 is 9.30 Å².